The van der Waals surface area contributed by atoms with Crippen LogP contribution in [0.5, 0.6) is 0 Å². The number of ether oxygens (including phenoxy) is 1. The van der Waals surface area contributed by atoms with Crippen LogP contribution in [0, 0.1) is 0 Å². The van der Waals surface area contributed by atoms with E-state index in [1.165, 1.54) is 0 Å². The quantitative estimate of drug-likeness (QED) is 0.389. The first-order valence-corrected chi connectivity index (χ1v) is 11.1. The van der Waals surface area contributed by atoms with Gasteiger partial charge in [0.1, 0.15) is 0 Å². The molecule has 0 spiro atoms. The van der Waals surface area contributed by atoms with Gasteiger partial charge in [0.25, 0.3) is 0 Å². The summed E-state index contributed by atoms with van der Waals surface area (Å²) < 4.78 is 30.0. The molecule has 0 saturated carbocycles. The third-order valence-corrected chi connectivity index (χ3v) is 6.58. The first kappa shape index (κ1) is 21.7. The minimum atomic E-state index is -3.23. The molecule has 1 saturated heterocycles. The average Bonchev–Trinajstić information content (AvgIpc) is 2.69. The Labute approximate surface area is 163 Å². The first-order chi connectivity index (χ1) is 12.8. The minimum absolute atomic E-state index is 0.0158. The highest BCUT2D eigenvalue weighted by Gasteiger charge is 2.28. The fourth-order valence-corrected chi connectivity index (χ4v) is 4.35. The van der Waals surface area contributed by atoms with Crippen molar-refractivity contribution in [1.29, 1.82) is 0 Å². The summed E-state index contributed by atoms with van der Waals surface area (Å²) in [5, 5.41) is 6.54. The summed E-state index contributed by atoms with van der Waals surface area (Å²) in [6.45, 7) is 9.09. The largest absolute Gasteiger partial charge is 0.379 e. The van der Waals surface area contributed by atoms with E-state index in [-0.39, 0.29) is 11.3 Å². The van der Waals surface area contributed by atoms with Gasteiger partial charge in [0.2, 0.25) is 0 Å². The van der Waals surface area contributed by atoms with Crippen LogP contribution in [-0.2, 0) is 14.6 Å². The monoisotopic (exact) mass is 396 g/mol. The van der Waals surface area contributed by atoms with E-state index < -0.39 is 9.84 Å². The van der Waals surface area contributed by atoms with Crippen molar-refractivity contribution in [3.63, 3.8) is 0 Å². The topological polar surface area (TPSA) is 83.0 Å². The van der Waals surface area contributed by atoms with E-state index in [2.05, 4.69) is 34.4 Å². The molecule has 2 N–H and O–H groups in total. The van der Waals surface area contributed by atoms with Crippen LogP contribution in [-0.4, -0.2) is 77.0 Å². The maximum absolute atomic E-state index is 12.3. The molecular weight excluding hydrogens is 364 g/mol. The minimum Gasteiger partial charge on any atom is -0.379 e. The predicted molar refractivity (Wildman–Crippen MR) is 109 cm³/mol. The molecule has 1 aromatic carbocycles. The van der Waals surface area contributed by atoms with Crippen LogP contribution >= 0.6 is 0 Å². The van der Waals surface area contributed by atoms with Gasteiger partial charge in [-0.25, -0.2) is 8.42 Å². The number of hydrogen-bond donors (Lipinski definition) is 2. The second-order valence-electron chi connectivity index (χ2n) is 7.25. The summed E-state index contributed by atoms with van der Waals surface area (Å²) in [4.78, 5) is 7.01. The van der Waals surface area contributed by atoms with Gasteiger partial charge in [-0.3, -0.25) is 9.89 Å². The Balaban J connectivity index is 1.74. The van der Waals surface area contributed by atoms with Crippen molar-refractivity contribution in [2.24, 2.45) is 4.99 Å². The van der Waals surface area contributed by atoms with Gasteiger partial charge in [-0.05, 0) is 32.4 Å². The van der Waals surface area contributed by atoms with Gasteiger partial charge >= 0.3 is 0 Å². The Kier molecular flexibility index (Phi) is 8.07. The zero-order valence-electron chi connectivity index (χ0n) is 16.6. The summed E-state index contributed by atoms with van der Waals surface area (Å²) in [5.41, 5.74) is -0.0158. The Bertz CT molecular complexity index is 699. The number of rotatable bonds is 8. The highest BCUT2D eigenvalue weighted by molar-refractivity contribution is 7.91. The molecule has 1 heterocycles. The van der Waals surface area contributed by atoms with Gasteiger partial charge in [-0.2, -0.15) is 0 Å². The molecule has 0 atom stereocenters. The van der Waals surface area contributed by atoms with Crippen LogP contribution in [0.4, 0.5) is 0 Å². The van der Waals surface area contributed by atoms with Gasteiger partial charge in [-0.1, -0.05) is 18.2 Å². The standard InChI is InChI=1S/C19H32N4O3S/c1-19(2,23-11-13-26-14-12-23)16-22-18(20-3)21-10-7-15-27(24,25)17-8-5-4-6-9-17/h4-6,8-9H,7,10-16H2,1-3H3,(H2,20,21,22). The molecule has 1 aromatic rings. The van der Waals surface area contributed by atoms with Crippen LogP contribution in [0.1, 0.15) is 20.3 Å². The van der Waals surface area contributed by atoms with E-state index >= 15 is 0 Å². The molecule has 0 unspecified atom stereocenters. The van der Waals surface area contributed by atoms with Crippen molar-refractivity contribution >= 4 is 15.8 Å². The van der Waals surface area contributed by atoms with E-state index in [4.69, 9.17) is 4.74 Å². The zero-order chi connectivity index (χ0) is 19.8. The number of guanidine groups is 1. The highest BCUT2D eigenvalue weighted by atomic mass is 32.2. The number of nitrogens with zero attached hydrogens (tertiary/aromatic N) is 2. The molecule has 2 rings (SSSR count). The highest BCUT2D eigenvalue weighted by Crippen LogP contribution is 2.15. The van der Waals surface area contributed by atoms with Gasteiger partial charge < -0.3 is 15.4 Å². The van der Waals surface area contributed by atoms with Crippen molar-refractivity contribution < 1.29 is 13.2 Å². The summed E-state index contributed by atoms with van der Waals surface area (Å²) >= 11 is 0. The van der Waals surface area contributed by atoms with Gasteiger partial charge in [-0.15, -0.1) is 0 Å². The molecular formula is C19H32N4O3S. The lowest BCUT2D eigenvalue weighted by Crippen LogP contribution is -2.56. The molecule has 7 nitrogen and oxygen atoms in total. The molecule has 1 fully saturated rings. The Morgan fingerprint density at radius 3 is 2.48 bits per heavy atom. The molecule has 1 aliphatic rings. The van der Waals surface area contributed by atoms with Crippen LogP contribution in [0.2, 0.25) is 0 Å². The van der Waals surface area contributed by atoms with E-state index in [1.807, 2.05) is 6.07 Å². The summed E-state index contributed by atoms with van der Waals surface area (Å²) in [6.07, 6.45) is 0.519. The molecule has 0 aliphatic carbocycles. The number of aliphatic imine (C=N–C) groups is 1. The fourth-order valence-electron chi connectivity index (χ4n) is 3.02. The van der Waals surface area contributed by atoms with Crippen LogP contribution in [0.25, 0.3) is 0 Å². The third-order valence-electron chi connectivity index (χ3n) is 4.76. The Morgan fingerprint density at radius 1 is 1.19 bits per heavy atom. The molecule has 0 radical (unpaired) electrons. The lowest BCUT2D eigenvalue weighted by molar-refractivity contribution is -0.00833. The number of morpholine rings is 1. The Morgan fingerprint density at radius 2 is 1.85 bits per heavy atom. The summed E-state index contributed by atoms with van der Waals surface area (Å²) in [5.74, 6) is 0.800. The smallest absolute Gasteiger partial charge is 0.191 e. The second kappa shape index (κ2) is 10.1. The van der Waals surface area contributed by atoms with E-state index in [9.17, 15) is 8.42 Å². The van der Waals surface area contributed by atoms with Gasteiger partial charge in [0, 0.05) is 38.8 Å². The Hall–Kier alpha value is -1.64. The van der Waals surface area contributed by atoms with Crippen LogP contribution in [0.15, 0.2) is 40.2 Å². The number of hydrogen-bond acceptors (Lipinski definition) is 5. The predicted octanol–water partition coefficient (Wildman–Crippen LogP) is 1.13. The molecule has 0 aromatic heterocycles. The number of sulfone groups is 1. The summed E-state index contributed by atoms with van der Waals surface area (Å²) in [7, 11) is -1.51. The molecule has 27 heavy (non-hydrogen) atoms. The van der Waals surface area contributed by atoms with Gasteiger partial charge in [0.15, 0.2) is 15.8 Å². The second-order valence-corrected chi connectivity index (χ2v) is 9.36. The third kappa shape index (κ3) is 6.79. The zero-order valence-corrected chi connectivity index (χ0v) is 17.4. The van der Waals surface area contributed by atoms with Crippen molar-refractivity contribution in [2.45, 2.75) is 30.7 Å². The van der Waals surface area contributed by atoms with Crippen LogP contribution in [0.3, 0.4) is 0 Å². The molecule has 0 amide bonds. The average molecular weight is 397 g/mol. The first-order valence-electron chi connectivity index (χ1n) is 9.40. The van der Waals surface area contributed by atoms with Crippen LogP contribution < -0.4 is 10.6 Å². The lowest BCUT2D eigenvalue weighted by Gasteiger charge is -2.41. The molecule has 8 heteroatoms. The van der Waals surface area contributed by atoms with Gasteiger partial charge in [0.05, 0.1) is 23.9 Å². The molecule has 0 bridgehead atoms. The maximum atomic E-state index is 12.3. The van der Waals surface area contributed by atoms with Crippen molar-refractivity contribution in [3.8, 4) is 0 Å². The van der Waals surface area contributed by atoms with E-state index in [0.717, 1.165) is 32.8 Å². The number of benzene rings is 1. The van der Waals surface area contributed by atoms with E-state index in [1.54, 1.807) is 31.3 Å². The van der Waals surface area contributed by atoms with Crippen molar-refractivity contribution in [1.82, 2.24) is 15.5 Å². The molecule has 152 valence electrons. The van der Waals surface area contributed by atoms with Crippen molar-refractivity contribution in [3.05, 3.63) is 30.3 Å². The maximum Gasteiger partial charge on any atom is 0.191 e. The SMILES string of the molecule is CN=C(NCCCS(=O)(=O)c1ccccc1)NCC(C)(C)N1CCOCC1. The van der Waals surface area contributed by atoms with E-state index in [0.29, 0.717) is 23.8 Å². The normalized spacial score (nSPS) is 16.9. The fraction of sp³-hybridized carbons (Fsp3) is 0.632. The molecule has 1 aliphatic heterocycles. The summed E-state index contributed by atoms with van der Waals surface area (Å²) in [6, 6.07) is 8.57. The number of nitrogens with one attached hydrogen (secondary N) is 2. The lowest BCUT2D eigenvalue weighted by atomic mass is 10.0. The van der Waals surface area contributed by atoms with Crippen molar-refractivity contribution in [2.75, 3.05) is 52.2 Å².